The molecule has 1 aliphatic carbocycles. The summed E-state index contributed by atoms with van der Waals surface area (Å²) in [5, 5.41) is 10.5. The maximum absolute atomic E-state index is 10.5. The van der Waals surface area contributed by atoms with Crippen molar-refractivity contribution < 1.29 is 5.11 Å². The second-order valence-electron chi connectivity index (χ2n) is 5.14. The summed E-state index contributed by atoms with van der Waals surface area (Å²) in [4.78, 5) is 0. The molecule has 1 aromatic rings. The van der Waals surface area contributed by atoms with Crippen LogP contribution in [0.25, 0.3) is 0 Å². The lowest BCUT2D eigenvalue weighted by atomic mass is 9.85. The molecule has 0 amide bonds. The molecule has 1 aliphatic rings. The predicted octanol–water partition coefficient (Wildman–Crippen LogP) is 4.24. The van der Waals surface area contributed by atoms with E-state index in [-0.39, 0.29) is 0 Å². The van der Waals surface area contributed by atoms with Gasteiger partial charge >= 0.3 is 0 Å². The summed E-state index contributed by atoms with van der Waals surface area (Å²) in [5.74, 6) is 0.703. The van der Waals surface area contributed by atoms with Crippen LogP contribution in [-0.4, -0.2) is 5.11 Å². The van der Waals surface area contributed by atoms with Crippen LogP contribution in [0.5, 0.6) is 0 Å². The Kier molecular flexibility index (Phi) is 3.70. The molecule has 0 heterocycles. The lowest BCUT2D eigenvalue weighted by Gasteiger charge is -2.27. The summed E-state index contributed by atoms with van der Waals surface area (Å²) < 4.78 is 1.04. The van der Waals surface area contributed by atoms with Crippen molar-refractivity contribution in [3.63, 3.8) is 0 Å². The second kappa shape index (κ2) is 4.89. The van der Waals surface area contributed by atoms with Gasteiger partial charge in [0, 0.05) is 4.47 Å². The van der Waals surface area contributed by atoms with Gasteiger partial charge in [0.1, 0.15) is 0 Å². The normalized spacial score (nSPS) is 20.9. The molecular formula is C14H19BrO. The molecule has 2 rings (SSSR count). The molecule has 1 aromatic carbocycles. The molecule has 0 radical (unpaired) electrons. The lowest BCUT2D eigenvalue weighted by Crippen LogP contribution is -2.24. The molecule has 16 heavy (non-hydrogen) atoms. The molecular weight excluding hydrogens is 264 g/mol. The highest BCUT2D eigenvalue weighted by atomic mass is 79.9. The van der Waals surface area contributed by atoms with E-state index in [2.05, 4.69) is 15.9 Å². The van der Waals surface area contributed by atoms with Crippen molar-refractivity contribution in [2.75, 3.05) is 0 Å². The Morgan fingerprint density at radius 1 is 1.38 bits per heavy atom. The van der Waals surface area contributed by atoms with Crippen LogP contribution in [0.15, 0.2) is 28.7 Å². The van der Waals surface area contributed by atoms with Gasteiger partial charge in [-0.25, -0.2) is 0 Å². The Morgan fingerprint density at radius 3 is 2.69 bits per heavy atom. The number of rotatable bonds is 3. The number of hydrogen-bond acceptors (Lipinski definition) is 1. The van der Waals surface area contributed by atoms with Gasteiger partial charge in [-0.1, -0.05) is 53.7 Å². The summed E-state index contributed by atoms with van der Waals surface area (Å²) in [7, 11) is 0. The van der Waals surface area contributed by atoms with Gasteiger partial charge in [-0.2, -0.15) is 0 Å². The Hall–Kier alpha value is -0.340. The first-order valence-electron chi connectivity index (χ1n) is 6.06. The van der Waals surface area contributed by atoms with E-state index in [1.165, 1.54) is 25.7 Å². The minimum atomic E-state index is -0.682. The minimum absolute atomic E-state index is 0.682. The van der Waals surface area contributed by atoms with Gasteiger partial charge in [-0.15, -0.1) is 0 Å². The molecule has 0 saturated heterocycles. The lowest BCUT2D eigenvalue weighted by molar-refractivity contribution is 0.0307. The number of halogens is 1. The van der Waals surface area contributed by atoms with Gasteiger partial charge in [-0.05, 0) is 37.0 Å². The van der Waals surface area contributed by atoms with Crippen molar-refractivity contribution in [3.05, 3.63) is 34.3 Å². The van der Waals surface area contributed by atoms with Crippen LogP contribution in [0.2, 0.25) is 0 Å². The van der Waals surface area contributed by atoms with Crippen LogP contribution >= 0.6 is 15.9 Å². The van der Waals surface area contributed by atoms with Gasteiger partial charge in [0.15, 0.2) is 0 Å². The number of hydrogen-bond donors (Lipinski definition) is 1. The van der Waals surface area contributed by atoms with Crippen molar-refractivity contribution in [3.8, 4) is 0 Å². The zero-order chi connectivity index (χ0) is 11.6. The van der Waals surface area contributed by atoms with Gasteiger partial charge < -0.3 is 5.11 Å². The fourth-order valence-corrected chi connectivity index (χ4v) is 3.12. The topological polar surface area (TPSA) is 20.2 Å². The van der Waals surface area contributed by atoms with E-state index in [1.807, 2.05) is 31.2 Å². The molecule has 2 heteroatoms. The van der Waals surface area contributed by atoms with Crippen LogP contribution < -0.4 is 0 Å². The Morgan fingerprint density at radius 2 is 2.06 bits per heavy atom. The highest BCUT2D eigenvalue weighted by Crippen LogP contribution is 2.36. The summed E-state index contributed by atoms with van der Waals surface area (Å²) >= 11 is 3.46. The van der Waals surface area contributed by atoms with Crippen LogP contribution in [0, 0.1) is 5.92 Å². The monoisotopic (exact) mass is 282 g/mol. The average Bonchev–Trinajstić information content (AvgIpc) is 2.70. The highest BCUT2D eigenvalue weighted by molar-refractivity contribution is 9.10. The Balaban J connectivity index is 2.10. The van der Waals surface area contributed by atoms with Gasteiger partial charge in [-0.3, -0.25) is 0 Å². The zero-order valence-corrected chi connectivity index (χ0v) is 11.3. The Labute approximate surface area is 106 Å². The maximum Gasteiger partial charge on any atom is 0.0871 e. The third-order valence-corrected chi connectivity index (χ3v) is 4.10. The fraction of sp³-hybridized carbons (Fsp3) is 0.571. The van der Waals surface area contributed by atoms with Crippen molar-refractivity contribution in [2.45, 2.75) is 44.6 Å². The summed E-state index contributed by atoms with van der Waals surface area (Å²) in [6.45, 7) is 1.94. The quantitative estimate of drug-likeness (QED) is 0.879. The van der Waals surface area contributed by atoms with Crippen molar-refractivity contribution >= 4 is 15.9 Å². The third-order valence-electron chi connectivity index (χ3n) is 3.61. The van der Waals surface area contributed by atoms with Crippen molar-refractivity contribution in [1.29, 1.82) is 0 Å². The molecule has 1 nitrogen and oxygen atoms in total. The van der Waals surface area contributed by atoms with E-state index < -0.39 is 5.60 Å². The maximum atomic E-state index is 10.5. The molecule has 1 fully saturated rings. The first-order chi connectivity index (χ1) is 7.58. The molecule has 1 unspecified atom stereocenters. The summed E-state index contributed by atoms with van der Waals surface area (Å²) in [6, 6.07) is 8.02. The second-order valence-corrected chi connectivity index (χ2v) is 6.05. The van der Waals surface area contributed by atoms with Gasteiger partial charge in [0.25, 0.3) is 0 Å². The first-order valence-corrected chi connectivity index (χ1v) is 6.86. The van der Waals surface area contributed by atoms with E-state index in [4.69, 9.17) is 0 Å². The van der Waals surface area contributed by atoms with E-state index in [0.29, 0.717) is 5.92 Å². The molecule has 0 aromatic heterocycles. The smallest absolute Gasteiger partial charge is 0.0871 e. The van der Waals surface area contributed by atoms with Crippen molar-refractivity contribution in [1.82, 2.24) is 0 Å². The molecule has 0 bridgehead atoms. The SMILES string of the molecule is CC(O)(CC1CCCC1)c1cccc(Br)c1. The molecule has 88 valence electrons. The molecule has 1 saturated carbocycles. The van der Waals surface area contributed by atoms with Crippen LogP contribution in [0.3, 0.4) is 0 Å². The standard InChI is InChI=1S/C14H19BrO/c1-14(16,10-11-5-2-3-6-11)12-7-4-8-13(15)9-12/h4,7-9,11,16H,2-3,5-6,10H2,1H3. The fourth-order valence-electron chi connectivity index (χ4n) is 2.72. The molecule has 0 aliphatic heterocycles. The molecule has 1 N–H and O–H groups in total. The predicted molar refractivity (Wildman–Crippen MR) is 70.3 cm³/mol. The van der Waals surface area contributed by atoms with Crippen LogP contribution in [0.1, 0.15) is 44.6 Å². The van der Waals surface area contributed by atoms with E-state index in [1.54, 1.807) is 0 Å². The Bertz CT molecular complexity index is 354. The van der Waals surface area contributed by atoms with E-state index >= 15 is 0 Å². The average molecular weight is 283 g/mol. The largest absolute Gasteiger partial charge is 0.385 e. The highest BCUT2D eigenvalue weighted by Gasteiger charge is 2.29. The zero-order valence-electron chi connectivity index (χ0n) is 9.75. The number of aliphatic hydroxyl groups is 1. The first kappa shape index (κ1) is 12.1. The van der Waals surface area contributed by atoms with Gasteiger partial charge in [0.2, 0.25) is 0 Å². The summed E-state index contributed by atoms with van der Waals surface area (Å²) in [5.41, 5.74) is 0.340. The van der Waals surface area contributed by atoms with Gasteiger partial charge in [0.05, 0.1) is 5.60 Å². The molecule has 1 atom stereocenters. The molecule has 0 spiro atoms. The third kappa shape index (κ3) is 2.86. The van der Waals surface area contributed by atoms with E-state index in [9.17, 15) is 5.11 Å². The van der Waals surface area contributed by atoms with Crippen molar-refractivity contribution in [2.24, 2.45) is 5.92 Å². The van der Waals surface area contributed by atoms with Crippen LogP contribution in [0.4, 0.5) is 0 Å². The summed E-state index contributed by atoms with van der Waals surface area (Å²) in [6.07, 6.45) is 6.12. The number of benzene rings is 1. The minimum Gasteiger partial charge on any atom is -0.385 e. The van der Waals surface area contributed by atoms with Crippen LogP contribution in [-0.2, 0) is 5.60 Å². The van der Waals surface area contributed by atoms with E-state index in [0.717, 1.165) is 16.5 Å².